The molecule has 80 valence electrons. The number of carbonyl (C=O) groups is 2. The molecule has 0 atom stereocenters. The standard InChI is InChI=1S/C9H5ClF2O3/c10-7-5(11)2-1-4(8(7)12)3-6(13)9(14)15/h1-2H,3H2,(H,14,15). The number of hydrogen-bond acceptors (Lipinski definition) is 2. The Morgan fingerprint density at radius 3 is 2.47 bits per heavy atom. The maximum atomic E-state index is 13.2. The van der Waals surface area contributed by atoms with E-state index in [-0.39, 0.29) is 5.56 Å². The number of aliphatic carboxylic acids is 1. The highest BCUT2D eigenvalue weighted by Crippen LogP contribution is 2.22. The van der Waals surface area contributed by atoms with Crippen molar-refractivity contribution in [3.05, 3.63) is 34.4 Å². The van der Waals surface area contributed by atoms with Gasteiger partial charge in [-0.1, -0.05) is 17.7 Å². The molecule has 15 heavy (non-hydrogen) atoms. The first-order valence-electron chi connectivity index (χ1n) is 3.82. The molecule has 0 aliphatic rings. The minimum absolute atomic E-state index is 0.242. The molecule has 1 aromatic rings. The number of halogens is 3. The zero-order valence-electron chi connectivity index (χ0n) is 7.26. The van der Waals surface area contributed by atoms with E-state index in [1.807, 2.05) is 0 Å². The lowest BCUT2D eigenvalue weighted by Gasteiger charge is -2.02. The van der Waals surface area contributed by atoms with Crippen molar-refractivity contribution in [3.8, 4) is 0 Å². The lowest BCUT2D eigenvalue weighted by Crippen LogP contribution is -2.16. The van der Waals surface area contributed by atoms with E-state index < -0.39 is 34.8 Å². The quantitative estimate of drug-likeness (QED) is 0.641. The fraction of sp³-hybridized carbons (Fsp3) is 0.111. The highest BCUT2D eigenvalue weighted by molar-refractivity contribution is 6.33. The third kappa shape index (κ3) is 2.50. The topological polar surface area (TPSA) is 54.4 Å². The van der Waals surface area contributed by atoms with Crippen molar-refractivity contribution in [2.45, 2.75) is 6.42 Å². The van der Waals surface area contributed by atoms with E-state index >= 15 is 0 Å². The van der Waals surface area contributed by atoms with Crippen molar-refractivity contribution >= 4 is 23.4 Å². The molecular weight excluding hydrogens is 230 g/mol. The molecule has 0 aliphatic carbocycles. The maximum Gasteiger partial charge on any atom is 0.372 e. The smallest absolute Gasteiger partial charge is 0.372 e. The summed E-state index contributed by atoms with van der Waals surface area (Å²) in [6.45, 7) is 0. The molecule has 0 radical (unpaired) electrons. The zero-order chi connectivity index (χ0) is 11.6. The van der Waals surface area contributed by atoms with Gasteiger partial charge in [0.1, 0.15) is 16.7 Å². The highest BCUT2D eigenvalue weighted by Gasteiger charge is 2.17. The Bertz CT molecular complexity index is 432. The molecule has 0 spiro atoms. The molecule has 0 unspecified atom stereocenters. The summed E-state index contributed by atoms with van der Waals surface area (Å²) in [5, 5.41) is 7.53. The Kier molecular flexibility index (Phi) is 3.36. The van der Waals surface area contributed by atoms with Crippen LogP contribution in [0.3, 0.4) is 0 Å². The maximum absolute atomic E-state index is 13.2. The minimum Gasteiger partial charge on any atom is -0.475 e. The third-order valence-corrected chi connectivity index (χ3v) is 2.05. The molecule has 0 aromatic heterocycles. The predicted molar refractivity (Wildman–Crippen MR) is 47.7 cm³/mol. The van der Waals surface area contributed by atoms with Crippen molar-refractivity contribution in [1.82, 2.24) is 0 Å². The summed E-state index contributed by atoms with van der Waals surface area (Å²) in [4.78, 5) is 20.9. The number of benzene rings is 1. The van der Waals surface area contributed by atoms with Gasteiger partial charge in [-0.3, -0.25) is 4.79 Å². The second kappa shape index (κ2) is 4.35. The van der Waals surface area contributed by atoms with Crippen LogP contribution >= 0.6 is 11.6 Å². The number of carbonyl (C=O) groups excluding carboxylic acids is 1. The van der Waals surface area contributed by atoms with Crippen LogP contribution in [-0.4, -0.2) is 16.9 Å². The number of carboxylic acids is 1. The molecule has 0 heterocycles. The van der Waals surface area contributed by atoms with Crippen LogP contribution in [0, 0.1) is 11.6 Å². The Morgan fingerprint density at radius 2 is 1.93 bits per heavy atom. The van der Waals surface area contributed by atoms with Gasteiger partial charge in [-0.25, -0.2) is 13.6 Å². The number of Topliss-reactive ketones (excluding diaryl/α,β-unsaturated/α-hetero) is 1. The summed E-state index contributed by atoms with van der Waals surface area (Å²) in [5.41, 5.74) is -0.242. The monoisotopic (exact) mass is 234 g/mol. The number of hydrogen-bond donors (Lipinski definition) is 1. The number of carboxylic acid groups (broad SMARTS) is 1. The van der Waals surface area contributed by atoms with Crippen LogP contribution in [0.25, 0.3) is 0 Å². The van der Waals surface area contributed by atoms with E-state index in [0.717, 1.165) is 12.1 Å². The van der Waals surface area contributed by atoms with E-state index in [1.165, 1.54) is 0 Å². The van der Waals surface area contributed by atoms with Gasteiger partial charge in [0, 0.05) is 6.42 Å². The second-order valence-corrected chi connectivity index (χ2v) is 3.12. The normalized spacial score (nSPS) is 10.1. The third-order valence-electron chi connectivity index (χ3n) is 1.70. The van der Waals surface area contributed by atoms with Crippen LogP contribution in [0.4, 0.5) is 8.78 Å². The first-order chi connectivity index (χ1) is 6.93. The van der Waals surface area contributed by atoms with Gasteiger partial charge in [-0.05, 0) is 11.6 Å². The molecule has 0 amide bonds. The SMILES string of the molecule is O=C(O)C(=O)Cc1ccc(F)c(Cl)c1F. The summed E-state index contributed by atoms with van der Waals surface area (Å²) >= 11 is 5.24. The molecule has 0 saturated carbocycles. The van der Waals surface area contributed by atoms with Crippen molar-refractivity contribution < 1.29 is 23.5 Å². The molecule has 1 rings (SSSR count). The highest BCUT2D eigenvalue weighted by atomic mass is 35.5. The van der Waals surface area contributed by atoms with E-state index in [2.05, 4.69) is 0 Å². The van der Waals surface area contributed by atoms with Crippen LogP contribution in [0.2, 0.25) is 5.02 Å². The van der Waals surface area contributed by atoms with Crippen LogP contribution in [0.15, 0.2) is 12.1 Å². The van der Waals surface area contributed by atoms with E-state index in [4.69, 9.17) is 16.7 Å². The summed E-state index contributed by atoms with van der Waals surface area (Å²) < 4.78 is 25.9. The van der Waals surface area contributed by atoms with Crippen molar-refractivity contribution in [2.75, 3.05) is 0 Å². The predicted octanol–water partition coefficient (Wildman–Crippen LogP) is 1.81. The number of rotatable bonds is 3. The van der Waals surface area contributed by atoms with Crippen LogP contribution < -0.4 is 0 Å². The van der Waals surface area contributed by atoms with Crippen LogP contribution in [0.1, 0.15) is 5.56 Å². The fourth-order valence-electron chi connectivity index (χ4n) is 0.951. The molecule has 6 heteroatoms. The average Bonchev–Trinajstić information content (AvgIpc) is 2.18. The Labute approximate surface area is 88.3 Å². The number of ketones is 1. The van der Waals surface area contributed by atoms with Gasteiger partial charge in [0.15, 0.2) is 0 Å². The lowest BCUT2D eigenvalue weighted by molar-refractivity contribution is -0.148. The van der Waals surface area contributed by atoms with Crippen LogP contribution in [0.5, 0.6) is 0 Å². The van der Waals surface area contributed by atoms with E-state index in [0.29, 0.717) is 0 Å². The first-order valence-corrected chi connectivity index (χ1v) is 4.19. The zero-order valence-corrected chi connectivity index (χ0v) is 8.02. The molecule has 0 fully saturated rings. The van der Waals surface area contributed by atoms with Gasteiger partial charge in [0.05, 0.1) is 0 Å². The van der Waals surface area contributed by atoms with Gasteiger partial charge in [-0.15, -0.1) is 0 Å². The molecule has 0 bridgehead atoms. The summed E-state index contributed by atoms with van der Waals surface area (Å²) in [7, 11) is 0. The largest absolute Gasteiger partial charge is 0.475 e. The summed E-state index contributed by atoms with van der Waals surface area (Å²) in [6.07, 6.45) is -0.652. The summed E-state index contributed by atoms with van der Waals surface area (Å²) in [5.74, 6) is -4.92. The molecule has 1 N–H and O–H groups in total. The molecule has 3 nitrogen and oxygen atoms in total. The first kappa shape index (κ1) is 11.6. The van der Waals surface area contributed by atoms with Gasteiger partial charge in [0.25, 0.3) is 0 Å². The average molecular weight is 235 g/mol. The fourth-order valence-corrected chi connectivity index (χ4v) is 1.14. The Balaban J connectivity index is 3.02. The Hall–Kier alpha value is -1.49. The van der Waals surface area contributed by atoms with E-state index in [9.17, 15) is 18.4 Å². The summed E-state index contributed by atoms with van der Waals surface area (Å²) in [6, 6.07) is 1.85. The van der Waals surface area contributed by atoms with Gasteiger partial charge < -0.3 is 5.11 Å². The second-order valence-electron chi connectivity index (χ2n) is 2.74. The van der Waals surface area contributed by atoms with Crippen molar-refractivity contribution in [1.29, 1.82) is 0 Å². The molecule has 1 aromatic carbocycles. The van der Waals surface area contributed by atoms with Gasteiger partial charge in [-0.2, -0.15) is 0 Å². The van der Waals surface area contributed by atoms with Crippen LogP contribution in [-0.2, 0) is 16.0 Å². The van der Waals surface area contributed by atoms with E-state index in [1.54, 1.807) is 0 Å². The van der Waals surface area contributed by atoms with Crippen molar-refractivity contribution in [3.63, 3.8) is 0 Å². The molecule has 0 aliphatic heterocycles. The van der Waals surface area contributed by atoms with Gasteiger partial charge in [0.2, 0.25) is 5.78 Å². The Morgan fingerprint density at radius 1 is 1.33 bits per heavy atom. The minimum atomic E-state index is -1.67. The lowest BCUT2D eigenvalue weighted by atomic mass is 10.1. The molecular formula is C9H5ClF2O3. The van der Waals surface area contributed by atoms with Gasteiger partial charge >= 0.3 is 5.97 Å². The molecule has 0 saturated heterocycles. The van der Waals surface area contributed by atoms with Crippen molar-refractivity contribution in [2.24, 2.45) is 0 Å².